The molecule has 1 unspecified atom stereocenters. The number of nitrogen functional groups attached to an aromatic ring is 1. The number of halogens is 1. The van der Waals surface area contributed by atoms with E-state index in [0.717, 1.165) is 4.90 Å². The molecule has 60 heavy (non-hydrogen) atoms. The SMILES string of the molecule is Cc1c(N)cncc1-c1cc(=CC(=N)NC(=O)CCCC(=O)NCCOCCOCCOCCNc2cccc3c2C(=O)N(C2CCC(=O)NC2=O)C3=O)c2c(c1F)NC=2. The smallest absolute Gasteiger partial charge is 0.264 e. The van der Waals surface area contributed by atoms with Crippen molar-refractivity contribution in [1.29, 1.82) is 5.41 Å². The van der Waals surface area contributed by atoms with Crippen LogP contribution in [0.15, 0.2) is 36.7 Å². The van der Waals surface area contributed by atoms with Gasteiger partial charge in [-0.3, -0.25) is 49.4 Å². The van der Waals surface area contributed by atoms with Gasteiger partial charge in [-0.15, -0.1) is 0 Å². The molecule has 1 fully saturated rings. The first kappa shape index (κ1) is 43.0. The number of aromatic nitrogens is 1. The lowest BCUT2D eigenvalue weighted by Gasteiger charge is -2.27. The third kappa shape index (κ3) is 10.2. The minimum Gasteiger partial charge on any atom is -0.397 e. The maximum absolute atomic E-state index is 15.2. The first-order valence-corrected chi connectivity index (χ1v) is 19.4. The lowest BCUT2D eigenvalue weighted by molar-refractivity contribution is -0.136. The van der Waals surface area contributed by atoms with E-state index in [2.05, 4.69) is 31.6 Å². The number of benzene rings is 2. The molecule has 0 bridgehead atoms. The van der Waals surface area contributed by atoms with Gasteiger partial charge in [0.15, 0.2) is 5.82 Å². The number of carbonyl (C=O) groups is 6. The van der Waals surface area contributed by atoms with Gasteiger partial charge in [-0.05, 0) is 54.8 Å². The minimum absolute atomic E-state index is 0.0251. The van der Waals surface area contributed by atoms with Crippen LogP contribution in [0, 0.1) is 18.2 Å². The highest BCUT2D eigenvalue weighted by Gasteiger charge is 2.45. The summed E-state index contributed by atoms with van der Waals surface area (Å²) in [7, 11) is 0. The van der Waals surface area contributed by atoms with E-state index in [1.807, 2.05) is 0 Å². The molecule has 0 radical (unpaired) electrons. The number of anilines is 3. The topological polar surface area (TPSA) is 256 Å². The zero-order valence-electron chi connectivity index (χ0n) is 32.9. The molecule has 0 spiro atoms. The second kappa shape index (κ2) is 19.9. The highest BCUT2D eigenvalue weighted by atomic mass is 19.1. The van der Waals surface area contributed by atoms with Gasteiger partial charge in [-0.25, -0.2) is 4.39 Å². The van der Waals surface area contributed by atoms with Crippen molar-refractivity contribution in [3.63, 3.8) is 0 Å². The summed E-state index contributed by atoms with van der Waals surface area (Å²) in [4.78, 5) is 79.7. The fourth-order valence-corrected chi connectivity index (χ4v) is 6.81. The summed E-state index contributed by atoms with van der Waals surface area (Å²) in [5.41, 5.74) is 8.96. The molecule has 3 aliphatic rings. The molecule has 1 atom stereocenters. The van der Waals surface area contributed by atoms with Crippen LogP contribution >= 0.6 is 0 Å². The number of nitrogens with two attached hydrogens (primary N) is 1. The molecule has 3 aromatic rings. The van der Waals surface area contributed by atoms with Crippen LogP contribution in [0.3, 0.4) is 0 Å². The van der Waals surface area contributed by atoms with Gasteiger partial charge < -0.3 is 41.2 Å². The summed E-state index contributed by atoms with van der Waals surface area (Å²) < 4.78 is 31.8. The van der Waals surface area contributed by atoms with Crippen molar-refractivity contribution in [2.75, 3.05) is 69.1 Å². The van der Waals surface area contributed by atoms with Gasteiger partial charge in [-0.1, -0.05) is 6.07 Å². The summed E-state index contributed by atoms with van der Waals surface area (Å²) in [5, 5.41) is 22.8. The number of pyridine rings is 1. The van der Waals surface area contributed by atoms with Crippen LogP contribution < -0.4 is 42.8 Å². The number of amides is 6. The Morgan fingerprint density at radius 3 is 2.40 bits per heavy atom. The first-order chi connectivity index (χ1) is 28.9. The number of carbonyl (C=O) groups excluding carboxylic acids is 6. The Morgan fingerprint density at radius 2 is 1.68 bits per heavy atom. The second-order valence-corrected chi connectivity index (χ2v) is 14.1. The Kier molecular flexibility index (Phi) is 14.3. The number of nitrogens with one attached hydrogen (secondary N) is 6. The molecular formula is C41H46FN9O9. The fraction of sp³-hybridized carbons (Fsp3) is 0.366. The first-order valence-electron chi connectivity index (χ1n) is 19.4. The molecule has 3 aliphatic heterocycles. The van der Waals surface area contributed by atoms with Gasteiger partial charge in [-0.2, -0.15) is 0 Å². The molecule has 316 valence electrons. The van der Waals surface area contributed by atoms with E-state index in [4.69, 9.17) is 25.4 Å². The number of fused-ring (bicyclic) bond motifs is 2. The number of imide groups is 2. The second-order valence-electron chi connectivity index (χ2n) is 14.1. The summed E-state index contributed by atoms with van der Waals surface area (Å²) >= 11 is 0. The average molecular weight is 828 g/mol. The number of hydrogen-bond donors (Lipinski definition) is 7. The maximum Gasteiger partial charge on any atom is 0.264 e. The van der Waals surface area contributed by atoms with Crippen molar-refractivity contribution in [2.24, 2.45) is 0 Å². The Balaban J connectivity index is 0.786. The molecule has 2 aromatic carbocycles. The van der Waals surface area contributed by atoms with E-state index in [0.29, 0.717) is 65.9 Å². The van der Waals surface area contributed by atoms with E-state index in [9.17, 15) is 28.8 Å². The molecule has 1 aromatic heterocycles. The summed E-state index contributed by atoms with van der Waals surface area (Å²) in [6.07, 6.45) is 6.60. The van der Waals surface area contributed by atoms with E-state index in [1.54, 1.807) is 31.3 Å². The summed E-state index contributed by atoms with van der Waals surface area (Å²) in [5.74, 6) is -3.58. The van der Waals surface area contributed by atoms with E-state index < -0.39 is 41.4 Å². The van der Waals surface area contributed by atoms with Gasteiger partial charge in [0.2, 0.25) is 23.6 Å². The number of rotatable bonds is 20. The molecule has 0 aliphatic carbocycles. The molecule has 8 N–H and O–H groups in total. The number of amidine groups is 1. The third-order valence-corrected chi connectivity index (χ3v) is 9.97. The van der Waals surface area contributed by atoms with Crippen LogP contribution in [0.1, 0.15) is 58.4 Å². The van der Waals surface area contributed by atoms with Crippen LogP contribution in [0.4, 0.5) is 21.5 Å². The largest absolute Gasteiger partial charge is 0.397 e. The minimum atomic E-state index is -1.04. The van der Waals surface area contributed by atoms with Crippen molar-refractivity contribution in [1.82, 2.24) is 25.8 Å². The highest BCUT2D eigenvalue weighted by molar-refractivity contribution is 6.25. The van der Waals surface area contributed by atoms with Crippen molar-refractivity contribution < 1.29 is 47.4 Å². The van der Waals surface area contributed by atoms with Crippen molar-refractivity contribution in [2.45, 2.75) is 45.1 Å². The molecular weight excluding hydrogens is 782 g/mol. The number of piperidine rings is 1. The maximum atomic E-state index is 15.2. The lowest BCUT2D eigenvalue weighted by Crippen LogP contribution is -2.54. The quantitative estimate of drug-likeness (QED) is 0.0358. The molecule has 1 saturated heterocycles. The summed E-state index contributed by atoms with van der Waals surface area (Å²) in [6, 6.07) is 5.39. The van der Waals surface area contributed by atoms with Crippen LogP contribution in [-0.4, -0.2) is 110 Å². The molecule has 6 rings (SSSR count). The van der Waals surface area contributed by atoms with Gasteiger partial charge in [0.25, 0.3) is 11.8 Å². The van der Waals surface area contributed by atoms with Crippen molar-refractivity contribution >= 4 is 70.6 Å². The number of ether oxygens (including phenoxy) is 3. The normalized spacial score (nSPS) is 15.7. The Labute approximate surface area is 343 Å². The van der Waals surface area contributed by atoms with Crippen molar-refractivity contribution in [3.8, 4) is 11.1 Å². The molecule has 19 heteroatoms. The molecule has 0 saturated carbocycles. The Morgan fingerprint density at radius 1 is 0.967 bits per heavy atom. The van der Waals surface area contributed by atoms with Gasteiger partial charge in [0.1, 0.15) is 11.9 Å². The van der Waals surface area contributed by atoms with E-state index in [1.165, 1.54) is 24.5 Å². The van der Waals surface area contributed by atoms with Crippen LogP contribution in [0.5, 0.6) is 0 Å². The standard InChI is InChI=1S/C41H46FN9O9/c1-23-27(20-45-22-29(23)43)26-18-24(28-21-48-38(28)37(26)42)19-32(44)49-34(53)7-3-6-33(52)47-11-13-59-15-17-60-16-14-58-12-10-46-30-5-2-4-25-36(30)41(57)51(40(25)56)31-8-9-35(54)50-39(31)55/h2,4-5,18-22,31,46,48H,3,6-17,43H2,1H3,(H,47,52)(H2,44,49,53)(H,50,54,55). The van der Waals surface area contributed by atoms with E-state index >= 15 is 4.39 Å². The summed E-state index contributed by atoms with van der Waals surface area (Å²) in [6.45, 7) is 4.17. The molecule has 4 heterocycles. The molecule has 6 amide bonds. The average Bonchev–Trinajstić information content (AvgIpc) is 3.44. The van der Waals surface area contributed by atoms with Crippen LogP contribution in [0.2, 0.25) is 0 Å². The predicted molar refractivity (Wildman–Crippen MR) is 217 cm³/mol. The predicted octanol–water partition coefficient (Wildman–Crippen LogP) is 0.665. The van der Waals surface area contributed by atoms with Crippen LogP contribution in [0.25, 0.3) is 23.4 Å². The zero-order valence-corrected chi connectivity index (χ0v) is 32.9. The van der Waals surface area contributed by atoms with Gasteiger partial charge in [0.05, 0.1) is 68.3 Å². The lowest BCUT2D eigenvalue weighted by atomic mass is 9.97. The van der Waals surface area contributed by atoms with E-state index in [-0.39, 0.29) is 86.0 Å². The van der Waals surface area contributed by atoms with Gasteiger partial charge >= 0.3 is 0 Å². The zero-order chi connectivity index (χ0) is 42.8. The number of nitrogens with zero attached hydrogens (tertiary/aromatic N) is 2. The van der Waals surface area contributed by atoms with Gasteiger partial charge in [0, 0.05) is 66.8 Å². The monoisotopic (exact) mass is 827 g/mol. The highest BCUT2D eigenvalue weighted by Crippen LogP contribution is 2.33. The third-order valence-electron chi connectivity index (χ3n) is 9.97. The van der Waals surface area contributed by atoms with Crippen LogP contribution in [-0.2, 0) is 33.4 Å². The number of hydrogen-bond acceptors (Lipinski definition) is 14. The van der Waals surface area contributed by atoms with Crippen molar-refractivity contribution in [3.05, 3.63) is 69.6 Å². The molecule has 18 nitrogen and oxygen atoms in total. The Hall–Kier alpha value is -6.57. The fourth-order valence-electron chi connectivity index (χ4n) is 6.81. The Bertz CT molecular complexity index is 2340.